The zero-order chi connectivity index (χ0) is 21.8. The van der Waals surface area contributed by atoms with Crippen LogP contribution in [-0.2, 0) is 16.1 Å². The fourth-order valence-electron chi connectivity index (χ4n) is 4.12. The van der Waals surface area contributed by atoms with Crippen LogP contribution < -0.4 is 10.2 Å². The normalized spacial score (nSPS) is 20.0. The maximum Gasteiger partial charge on any atom is 0.414 e. The zero-order valence-corrected chi connectivity index (χ0v) is 17.5. The number of rotatable bonds is 6. The molecule has 9 heteroatoms. The number of ether oxygens (including phenoxy) is 1. The lowest BCUT2D eigenvalue weighted by molar-refractivity contribution is -0.119. The van der Waals surface area contributed by atoms with E-state index in [1.165, 1.54) is 17.9 Å². The number of likely N-dealkylation sites (tertiary alicyclic amines) is 1. The van der Waals surface area contributed by atoms with Crippen LogP contribution in [0, 0.1) is 5.82 Å². The SMILES string of the molecule is CC(=O)NCC1CN(c2ccc(C3CCN(Cc4ncccn4)CC3)c(F)c2)C(=O)O1. The maximum atomic E-state index is 14.9. The fourth-order valence-corrected chi connectivity index (χ4v) is 4.12. The van der Waals surface area contributed by atoms with Crippen LogP contribution in [0.4, 0.5) is 14.9 Å². The van der Waals surface area contributed by atoms with Crippen LogP contribution in [0.15, 0.2) is 36.7 Å². The molecule has 0 saturated carbocycles. The number of nitrogens with zero attached hydrogens (tertiary/aromatic N) is 4. The smallest absolute Gasteiger partial charge is 0.414 e. The van der Waals surface area contributed by atoms with Crippen molar-refractivity contribution in [2.24, 2.45) is 0 Å². The third-order valence-electron chi connectivity index (χ3n) is 5.76. The van der Waals surface area contributed by atoms with Gasteiger partial charge in [-0.05, 0) is 55.6 Å². The molecule has 2 aliphatic heterocycles. The van der Waals surface area contributed by atoms with E-state index in [4.69, 9.17) is 4.74 Å². The van der Waals surface area contributed by atoms with Crippen molar-refractivity contribution in [1.82, 2.24) is 20.2 Å². The quantitative estimate of drug-likeness (QED) is 0.762. The largest absolute Gasteiger partial charge is 0.442 e. The Bertz CT molecular complexity index is 934. The van der Waals surface area contributed by atoms with Crippen molar-refractivity contribution in [3.63, 3.8) is 0 Å². The van der Waals surface area contributed by atoms with Gasteiger partial charge in [0.05, 0.1) is 25.3 Å². The number of benzene rings is 1. The summed E-state index contributed by atoms with van der Waals surface area (Å²) in [6.07, 6.45) is 4.21. The van der Waals surface area contributed by atoms with Gasteiger partial charge >= 0.3 is 6.09 Å². The van der Waals surface area contributed by atoms with Gasteiger partial charge < -0.3 is 10.1 Å². The van der Waals surface area contributed by atoms with Gasteiger partial charge in [0.15, 0.2) is 0 Å². The second-order valence-electron chi connectivity index (χ2n) is 7.97. The standard InChI is InChI=1S/C22H26FN5O3/c1-15(29)26-12-18-13-28(22(30)31-18)17-3-4-19(20(23)11-17)16-5-9-27(10-6-16)14-21-24-7-2-8-25-21/h2-4,7-8,11,16,18H,5-6,9-10,12-14H2,1H3,(H,26,29). The molecule has 3 heterocycles. The molecule has 2 fully saturated rings. The van der Waals surface area contributed by atoms with E-state index < -0.39 is 12.2 Å². The Morgan fingerprint density at radius 1 is 1.26 bits per heavy atom. The van der Waals surface area contributed by atoms with Gasteiger partial charge in [0.25, 0.3) is 0 Å². The summed E-state index contributed by atoms with van der Waals surface area (Å²) in [5, 5.41) is 2.63. The van der Waals surface area contributed by atoms with Gasteiger partial charge in [-0.15, -0.1) is 0 Å². The molecule has 1 unspecified atom stereocenters. The van der Waals surface area contributed by atoms with E-state index in [2.05, 4.69) is 20.2 Å². The fraction of sp³-hybridized carbons (Fsp3) is 0.455. The predicted molar refractivity (Wildman–Crippen MR) is 112 cm³/mol. The molecule has 2 aromatic rings. The summed E-state index contributed by atoms with van der Waals surface area (Å²) in [7, 11) is 0. The van der Waals surface area contributed by atoms with Gasteiger partial charge in [-0.3, -0.25) is 14.6 Å². The number of carbonyl (C=O) groups excluding carboxylic acids is 2. The van der Waals surface area contributed by atoms with Crippen LogP contribution in [-0.4, -0.2) is 59.2 Å². The van der Waals surface area contributed by atoms with Crippen LogP contribution in [0.5, 0.6) is 0 Å². The molecule has 2 amide bonds. The molecule has 2 aliphatic rings. The lowest BCUT2D eigenvalue weighted by Gasteiger charge is -2.32. The highest BCUT2D eigenvalue weighted by Crippen LogP contribution is 2.33. The molecule has 164 valence electrons. The average molecular weight is 427 g/mol. The summed E-state index contributed by atoms with van der Waals surface area (Å²) in [5.74, 6) is 0.443. The van der Waals surface area contributed by atoms with Gasteiger partial charge in [-0.25, -0.2) is 19.2 Å². The number of amides is 2. The highest BCUT2D eigenvalue weighted by atomic mass is 19.1. The van der Waals surface area contributed by atoms with Crippen molar-refractivity contribution in [1.29, 1.82) is 0 Å². The summed E-state index contributed by atoms with van der Waals surface area (Å²) in [5.41, 5.74) is 1.15. The average Bonchev–Trinajstić information content (AvgIpc) is 3.14. The van der Waals surface area contributed by atoms with Crippen molar-refractivity contribution >= 4 is 17.7 Å². The maximum absolute atomic E-state index is 14.9. The molecule has 4 rings (SSSR count). The molecule has 0 bridgehead atoms. The summed E-state index contributed by atoms with van der Waals surface area (Å²) in [6, 6.07) is 6.75. The lowest BCUT2D eigenvalue weighted by Crippen LogP contribution is -2.33. The summed E-state index contributed by atoms with van der Waals surface area (Å²) in [4.78, 5) is 35.4. The predicted octanol–water partition coefficient (Wildman–Crippen LogP) is 2.46. The zero-order valence-electron chi connectivity index (χ0n) is 17.5. The number of aromatic nitrogens is 2. The first-order valence-corrected chi connectivity index (χ1v) is 10.5. The Labute approximate surface area is 180 Å². The van der Waals surface area contributed by atoms with Crippen molar-refractivity contribution < 1.29 is 18.7 Å². The second kappa shape index (κ2) is 9.38. The molecule has 1 aromatic carbocycles. The monoisotopic (exact) mass is 427 g/mol. The first kappa shape index (κ1) is 21.2. The van der Waals surface area contributed by atoms with E-state index >= 15 is 0 Å². The number of hydrogen-bond donors (Lipinski definition) is 1. The lowest BCUT2D eigenvalue weighted by atomic mass is 9.89. The van der Waals surface area contributed by atoms with Gasteiger partial charge in [-0.2, -0.15) is 0 Å². The van der Waals surface area contributed by atoms with Crippen LogP contribution in [0.2, 0.25) is 0 Å². The van der Waals surface area contributed by atoms with Crippen LogP contribution in [0.1, 0.15) is 37.1 Å². The third-order valence-corrected chi connectivity index (χ3v) is 5.76. The van der Waals surface area contributed by atoms with Gasteiger partial charge in [0.1, 0.15) is 17.7 Å². The van der Waals surface area contributed by atoms with E-state index in [9.17, 15) is 14.0 Å². The topological polar surface area (TPSA) is 87.7 Å². The van der Waals surface area contributed by atoms with Crippen LogP contribution in [0.25, 0.3) is 0 Å². The highest BCUT2D eigenvalue weighted by molar-refractivity contribution is 5.89. The Morgan fingerprint density at radius 2 is 2.00 bits per heavy atom. The number of halogens is 1. The molecule has 31 heavy (non-hydrogen) atoms. The number of carbonyl (C=O) groups is 2. The number of anilines is 1. The molecule has 0 aliphatic carbocycles. The van der Waals surface area contributed by atoms with Gasteiger partial charge in [-0.1, -0.05) is 6.07 Å². The number of hydrogen-bond acceptors (Lipinski definition) is 6. The molecular formula is C22H26FN5O3. The molecule has 1 atom stereocenters. The Morgan fingerprint density at radius 3 is 2.68 bits per heavy atom. The van der Waals surface area contributed by atoms with E-state index in [-0.39, 0.29) is 30.7 Å². The van der Waals surface area contributed by atoms with Crippen LogP contribution in [0.3, 0.4) is 0 Å². The first-order valence-electron chi connectivity index (χ1n) is 10.5. The molecular weight excluding hydrogens is 401 g/mol. The molecule has 8 nitrogen and oxygen atoms in total. The van der Waals surface area contributed by atoms with E-state index in [0.717, 1.165) is 31.8 Å². The molecule has 0 radical (unpaired) electrons. The van der Waals surface area contributed by atoms with Gasteiger partial charge in [0.2, 0.25) is 5.91 Å². The van der Waals surface area contributed by atoms with E-state index in [1.807, 2.05) is 0 Å². The number of cyclic esters (lactones) is 1. The first-order chi connectivity index (χ1) is 15.0. The number of piperidine rings is 1. The Hall–Kier alpha value is -3.07. The molecule has 0 spiro atoms. The Balaban J connectivity index is 1.35. The summed E-state index contributed by atoms with van der Waals surface area (Å²) >= 11 is 0. The van der Waals surface area contributed by atoms with Crippen LogP contribution >= 0.6 is 0 Å². The molecule has 1 aromatic heterocycles. The van der Waals surface area contributed by atoms with Crippen molar-refractivity contribution in [2.75, 3.05) is 31.1 Å². The Kier molecular flexibility index (Phi) is 6.41. The second-order valence-corrected chi connectivity index (χ2v) is 7.97. The minimum atomic E-state index is -0.529. The molecule has 2 saturated heterocycles. The summed E-state index contributed by atoms with van der Waals surface area (Å²) < 4.78 is 20.2. The molecule has 1 N–H and O–H groups in total. The van der Waals surface area contributed by atoms with Crippen molar-refractivity contribution in [3.8, 4) is 0 Å². The minimum absolute atomic E-state index is 0.139. The van der Waals surface area contributed by atoms with Gasteiger partial charge in [0, 0.05) is 19.3 Å². The van der Waals surface area contributed by atoms with E-state index in [0.29, 0.717) is 17.8 Å². The van der Waals surface area contributed by atoms with E-state index in [1.54, 1.807) is 30.6 Å². The third kappa shape index (κ3) is 5.16. The highest BCUT2D eigenvalue weighted by Gasteiger charge is 2.33. The van der Waals surface area contributed by atoms with Crippen molar-refractivity contribution in [2.45, 2.75) is 38.3 Å². The minimum Gasteiger partial charge on any atom is -0.442 e. The number of nitrogens with one attached hydrogen (secondary N) is 1. The van der Waals surface area contributed by atoms with Crippen molar-refractivity contribution in [3.05, 3.63) is 53.9 Å². The summed E-state index contributed by atoms with van der Waals surface area (Å²) in [6.45, 7) is 4.33.